The standard InChI is InChI=1S/C21H26N2O4S/c1-2-3-4-10-22-13-15(27-21(25)19-9-6-11-28-19)14-26-18-8-5-7-17-16(18)12-20(24)23-17/h5-9,11,15,22H,2-4,10,12-14H2,1H3,(H,23,24). The van der Waals surface area contributed by atoms with Crippen molar-refractivity contribution in [3.05, 3.63) is 46.2 Å². The largest absolute Gasteiger partial charge is 0.489 e. The molecule has 0 saturated carbocycles. The van der Waals surface area contributed by atoms with Gasteiger partial charge in [-0.05, 0) is 36.5 Å². The third-order valence-electron chi connectivity index (χ3n) is 4.49. The lowest BCUT2D eigenvalue weighted by molar-refractivity contribution is -0.115. The van der Waals surface area contributed by atoms with Crippen LogP contribution in [-0.4, -0.2) is 37.7 Å². The highest BCUT2D eigenvalue weighted by molar-refractivity contribution is 7.11. The molecule has 2 aromatic rings. The molecule has 0 saturated heterocycles. The van der Waals surface area contributed by atoms with E-state index in [1.807, 2.05) is 29.6 Å². The Hall–Kier alpha value is -2.38. The summed E-state index contributed by atoms with van der Waals surface area (Å²) in [6, 6.07) is 9.12. The molecule has 28 heavy (non-hydrogen) atoms. The van der Waals surface area contributed by atoms with E-state index in [4.69, 9.17) is 9.47 Å². The summed E-state index contributed by atoms with van der Waals surface area (Å²) in [6.07, 6.45) is 3.30. The van der Waals surface area contributed by atoms with E-state index >= 15 is 0 Å². The molecule has 0 spiro atoms. The number of unbranched alkanes of at least 4 members (excludes halogenated alkanes) is 2. The molecule has 0 fully saturated rings. The molecule has 7 heteroatoms. The Balaban J connectivity index is 1.59. The number of carbonyl (C=O) groups excluding carboxylic acids is 2. The molecule has 6 nitrogen and oxygen atoms in total. The first-order valence-corrected chi connectivity index (χ1v) is 10.5. The fourth-order valence-corrected chi connectivity index (χ4v) is 3.65. The minimum atomic E-state index is -0.419. The molecule has 1 atom stereocenters. The van der Waals surface area contributed by atoms with Crippen LogP contribution in [0.4, 0.5) is 5.69 Å². The van der Waals surface area contributed by atoms with Crippen LogP contribution in [0.15, 0.2) is 35.7 Å². The van der Waals surface area contributed by atoms with Crippen LogP contribution in [0.25, 0.3) is 0 Å². The molecule has 0 aliphatic carbocycles. The zero-order valence-electron chi connectivity index (χ0n) is 16.0. The molecule has 0 radical (unpaired) electrons. The van der Waals surface area contributed by atoms with Gasteiger partial charge in [0, 0.05) is 17.8 Å². The molecule has 1 amide bonds. The lowest BCUT2D eigenvalue weighted by atomic mass is 10.1. The lowest BCUT2D eigenvalue weighted by Gasteiger charge is -2.20. The van der Waals surface area contributed by atoms with Crippen LogP contribution in [0.5, 0.6) is 5.75 Å². The molecule has 1 aliphatic rings. The predicted molar refractivity (Wildman–Crippen MR) is 110 cm³/mol. The highest BCUT2D eigenvalue weighted by atomic mass is 32.1. The third-order valence-corrected chi connectivity index (χ3v) is 5.34. The number of anilines is 1. The van der Waals surface area contributed by atoms with Crippen LogP contribution in [-0.2, 0) is 16.0 Å². The van der Waals surface area contributed by atoms with Gasteiger partial charge in [-0.15, -0.1) is 11.3 Å². The fourth-order valence-electron chi connectivity index (χ4n) is 3.04. The molecule has 3 rings (SSSR count). The van der Waals surface area contributed by atoms with E-state index < -0.39 is 6.10 Å². The molecule has 2 N–H and O–H groups in total. The van der Waals surface area contributed by atoms with Crippen molar-refractivity contribution in [3.8, 4) is 5.75 Å². The first-order chi connectivity index (χ1) is 13.7. The van der Waals surface area contributed by atoms with Crippen molar-refractivity contribution < 1.29 is 19.1 Å². The topological polar surface area (TPSA) is 76.7 Å². The highest BCUT2D eigenvalue weighted by Gasteiger charge is 2.23. The normalized spacial score (nSPS) is 13.7. The maximum Gasteiger partial charge on any atom is 0.348 e. The molecular formula is C21H26N2O4S. The van der Waals surface area contributed by atoms with Gasteiger partial charge in [0.2, 0.25) is 5.91 Å². The number of amides is 1. The average Bonchev–Trinajstić information content (AvgIpc) is 3.34. The maximum atomic E-state index is 12.3. The van der Waals surface area contributed by atoms with Crippen LogP contribution in [0.3, 0.4) is 0 Å². The fraction of sp³-hybridized carbons (Fsp3) is 0.429. The second-order valence-electron chi connectivity index (χ2n) is 6.73. The van der Waals surface area contributed by atoms with E-state index in [1.165, 1.54) is 17.8 Å². The minimum Gasteiger partial charge on any atom is -0.489 e. The molecule has 1 aromatic heterocycles. The lowest BCUT2D eigenvalue weighted by Crippen LogP contribution is -2.36. The Morgan fingerprint density at radius 2 is 2.18 bits per heavy atom. The third kappa shape index (κ3) is 5.56. The summed E-state index contributed by atoms with van der Waals surface area (Å²) < 4.78 is 11.6. The Morgan fingerprint density at radius 3 is 2.96 bits per heavy atom. The van der Waals surface area contributed by atoms with Gasteiger partial charge >= 0.3 is 5.97 Å². The first kappa shape index (κ1) is 20.4. The number of carbonyl (C=O) groups is 2. The molecule has 150 valence electrons. The van der Waals surface area contributed by atoms with Crippen molar-refractivity contribution in [1.82, 2.24) is 5.32 Å². The van der Waals surface area contributed by atoms with E-state index in [1.54, 1.807) is 6.07 Å². The molecule has 1 aliphatic heterocycles. The van der Waals surface area contributed by atoms with Crippen molar-refractivity contribution in [3.63, 3.8) is 0 Å². The number of benzene rings is 1. The first-order valence-electron chi connectivity index (χ1n) is 9.67. The zero-order chi connectivity index (χ0) is 19.8. The number of thiophene rings is 1. The Kier molecular flexibility index (Phi) is 7.45. The van der Waals surface area contributed by atoms with Crippen LogP contribution < -0.4 is 15.4 Å². The predicted octanol–water partition coefficient (Wildman–Crippen LogP) is 3.63. The molecule has 2 heterocycles. The van der Waals surface area contributed by atoms with E-state index in [0.29, 0.717) is 23.6 Å². The van der Waals surface area contributed by atoms with Crippen LogP contribution >= 0.6 is 11.3 Å². The summed E-state index contributed by atoms with van der Waals surface area (Å²) in [4.78, 5) is 24.6. The van der Waals surface area contributed by atoms with Crippen LogP contribution in [0.1, 0.15) is 41.4 Å². The number of rotatable bonds is 11. The molecule has 1 aromatic carbocycles. The summed E-state index contributed by atoms with van der Waals surface area (Å²) in [6.45, 7) is 3.78. The SMILES string of the molecule is CCCCCNCC(COc1cccc2c1CC(=O)N2)OC(=O)c1cccs1. The van der Waals surface area contributed by atoms with Crippen LogP contribution in [0.2, 0.25) is 0 Å². The number of hydrogen-bond donors (Lipinski definition) is 2. The van der Waals surface area contributed by atoms with Gasteiger partial charge in [0.1, 0.15) is 23.3 Å². The second-order valence-corrected chi connectivity index (χ2v) is 7.68. The minimum absolute atomic E-state index is 0.0377. The number of esters is 1. The van der Waals surface area contributed by atoms with Gasteiger partial charge in [0.05, 0.1) is 6.42 Å². The molecular weight excluding hydrogens is 376 g/mol. The number of hydrogen-bond acceptors (Lipinski definition) is 6. The summed E-state index contributed by atoms with van der Waals surface area (Å²) >= 11 is 1.36. The monoisotopic (exact) mass is 402 g/mol. The Labute approximate surface area is 169 Å². The number of nitrogens with one attached hydrogen (secondary N) is 2. The number of ether oxygens (including phenoxy) is 2. The second kappa shape index (κ2) is 10.2. The van der Waals surface area contributed by atoms with Gasteiger partial charge in [-0.2, -0.15) is 0 Å². The van der Waals surface area contributed by atoms with Crippen molar-refractivity contribution in [1.29, 1.82) is 0 Å². The van der Waals surface area contributed by atoms with E-state index in [9.17, 15) is 9.59 Å². The van der Waals surface area contributed by atoms with E-state index in [2.05, 4.69) is 17.6 Å². The van der Waals surface area contributed by atoms with Gasteiger partial charge in [-0.3, -0.25) is 4.79 Å². The summed E-state index contributed by atoms with van der Waals surface area (Å²) in [5.74, 6) is 0.275. The maximum absolute atomic E-state index is 12.3. The van der Waals surface area contributed by atoms with Gasteiger partial charge < -0.3 is 20.1 Å². The van der Waals surface area contributed by atoms with Crippen molar-refractivity contribution >= 4 is 28.9 Å². The van der Waals surface area contributed by atoms with E-state index in [-0.39, 0.29) is 18.5 Å². The zero-order valence-corrected chi connectivity index (χ0v) is 16.8. The average molecular weight is 403 g/mol. The summed E-state index contributed by atoms with van der Waals surface area (Å²) in [5, 5.41) is 8.01. The van der Waals surface area contributed by atoms with Gasteiger partial charge in [0.25, 0.3) is 0 Å². The number of fused-ring (bicyclic) bond motifs is 1. The van der Waals surface area contributed by atoms with Crippen molar-refractivity contribution in [2.45, 2.75) is 38.7 Å². The molecule has 1 unspecified atom stereocenters. The van der Waals surface area contributed by atoms with E-state index in [0.717, 1.165) is 30.6 Å². The summed E-state index contributed by atoms with van der Waals surface area (Å²) in [5.41, 5.74) is 1.64. The van der Waals surface area contributed by atoms with Crippen molar-refractivity contribution in [2.24, 2.45) is 0 Å². The van der Waals surface area contributed by atoms with Gasteiger partial charge in [0.15, 0.2) is 0 Å². The van der Waals surface area contributed by atoms with Gasteiger partial charge in [-0.1, -0.05) is 31.9 Å². The summed E-state index contributed by atoms with van der Waals surface area (Å²) in [7, 11) is 0. The Morgan fingerprint density at radius 1 is 1.29 bits per heavy atom. The Bertz CT molecular complexity index is 792. The highest BCUT2D eigenvalue weighted by Crippen LogP contribution is 2.31. The molecule has 0 bridgehead atoms. The van der Waals surface area contributed by atoms with Crippen LogP contribution in [0, 0.1) is 0 Å². The van der Waals surface area contributed by atoms with Gasteiger partial charge in [-0.25, -0.2) is 4.79 Å². The smallest absolute Gasteiger partial charge is 0.348 e. The van der Waals surface area contributed by atoms with Crippen molar-refractivity contribution in [2.75, 3.05) is 25.0 Å². The quantitative estimate of drug-likeness (QED) is 0.443.